The molecule has 0 radical (unpaired) electrons. The first-order valence-electron chi connectivity index (χ1n) is 8.34. The molecule has 0 saturated carbocycles. The Hall–Kier alpha value is -1.74. The SMILES string of the molecule is COCCNC(=O)C1CCN(c2nnc(N3CCCC3=O)s2)CC1. The molecule has 0 bridgehead atoms. The van der Waals surface area contributed by atoms with Crippen LogP contribution in [0.15, 0.2) is 0 Å². The Kier molecular flexibility index (Phi) is 5.62. The van der Waals surface area contributed by atoms with Crippen molar-refractivity contribution in [3.8, 4) is 0 Å². The topological polar surface area (TPSA) is 87.7 Å². The Balaban J connectivity index is 1.51. The fourth-order valence-electron chi connectivity index (χ4n) is 3.05. The van der Waals surface area contributed by atoms with Crippen molar-refractivity contribution in [2.75, 3.05) is 49.7 Å². The van der Waals surface area contributed by atoms with Crippen LogP contribution in [-0.4, -0.2) is 61.9 Å². The van der Waals surface area contributed by atoms with Gasteiger partial charge in [0, 0.05) is 45.6 Å². The van der Waals surface area contributed by atoms with E-state index in [-0.39, 0.29) is 17.7 Å². The van der Waals surface area contributed by atoms with Crippen molar-refractivity contribution in [3.05, 3.63) is 0 Å². The molecule has 0 atom stereocenters. The number of hydrogen-bond acceptors (Lipinski definition) is 7. The van der Waals surface area contributed by atoms with Crippen LogP contribution in [0.1, 0.15) is 25.7 Å². The van der Waals surface area contributed by atoms with Crippen LogP contribution < -0.4 is 15.1 Å². The van der Waals surface area contributed by atoms with Gasteiger partial charge < -0.3 is 15.0 Å². The smallest absolute Gasteiger partial charge is 0.228 e. The second kappa shape index (κ2) is 7.89. The molecule has 3 rings (SSSR count). The molecule has 1 aromatic heterocycles. The zero-order chi connectivity index (χ0) is 16.9. The summed E-state index contributed by atoms with van der Waals surface area (Å²) in [6.45, 7) is 3.39. The van der Waals surface area contributed by atoms with E-state index in [1.54, 1.807) is 12.0 Å². The van der Waals surface area contributed by atoms with E-state index < -0.39 is 0 Å². The van der Waals surface area contributed by atoms with Crippen molar-refractivity contribution >= 4 is 33.4 Å². The number of piperidine rings is 1. The minimum atomic E-state index is 0.0469. The van der Waals surface area contributed by atoms with Gasteiger partial charge in [0.25, 0.3) is 0 Å². The predicted molar refractivity (Wildman–Crippen MR) is 91.3 cm³/mol. The van der Waals surface area contributed by atoms with Crippen LogP contribution in [0.2, 0.25) is 0 Å². The van der Waals surface area contributed by atoms with Gasteiger partial charge in [-0.15, -0.1) is 10.2 Å². The van der Waals surface area contributed by atoms with Gasteiger partial charge in [0.15, 0.2) is 0 Å². The quantitative estimate of drug-likeness (QED) is 0.756. The maximum Gasteiger partial charge on any atom is 0.228 e. The fourth-order valence-corrected chi connectivity index (χ4v) is 3.99. The lowest BCUT2D eigenvalue weighted by Gasteiger charge is -2.30. The number of nitrogens with one attached hydrogen (secondary N) is 1. The van der Waals surface area contributed by atoms with Crippen LogP contribution in [0.5, 0.6) is 0 Å². The van der Waals surface area contributed by atoms with Crippen LogP contribution in [0.4, 0.5) is 10.3 Å². The summed E-state index contributed by atoms with van der Waals surface area (Å²) in [5, 5.41) is 12.8. The molecule has 24 heavy (non-hydrogen) atoms. The number of nitrogens with zero attached hydrogens (tertiary/aromatic N) is 4. The normalized spacial score (nSPS) is 19.1. The predicted octanol–water partition coefficient (Wildman–Crippen LogP) is 0.644. The second-order valence-electron chi connectivity index (χ2n) is 6.06. The molecule has 2 aliphatic heterocycles. The molecule has 0 aliphatic carbocycles. The zero-order valence-corrected chi connectivity index (χ0v) is 14.7. The van der Waals surface area contributed by atoms with E-state index in [0.717, 1.165) is 44.0 Å². The lowest BCUT2D eigenvalue weighted by Crippen LogP contribution is -2.41. The van der Waals surface area contributed by atoms with E-state index >= 15 is 0 Å². The van der Waals surface area contributed by atoms with Crippen LogP contribution in [0, 0.1) is 5.92 Å². The maximum absolute atomic E-state index is 12.1. The van der Waals surface area contributed by atoms with E-state index in [0.29, 0.717) is 24.7 Å². The van der Waals surface area contributed by atoms with Crippen molar-refractivity contribution in [1.82, 2.24) is 15.5 Å². The van der Waals surface area contributed by atoms with Gasteiger partial charge in [0.2, 0.25) is 22.1 Å². The minimum absolute atomic E-state index is 0.0469. The molecular weight excluding hydrogens is 330 g/mol. The third-order valence-corrected chi connectivity index (χ3v) is 5.46. The Labute approximate surface area is 145 Å². The summed E-state index contributed by atoms with van der Waals surface area (Å²) in [7, 11) is 1.62. The van der Waals surface area contributed by atoms with E-state index in [4.69, 9.17) is 4.74 Å². The average Bonchev–Trinajstić information content (AvgIpc) is 3.24. The molecule has 1 aromatic rings. The molecule has 132 valence electrons. The third kappa shape index (κ3) is 3.84. The molecule has 2 saturated heterocycles. The molecule has 9 heteroatoms. The lowest BCUT2D eigenvalue weighted by molar-refractivity contribution is -0.125. The first kappa shape index (κ1) is 17.1. The van der Waals surface area contributed by atoms with E-state index in [1.165, 1.54) is 11.3 Å². The number of ether oxygens (including phenoxy) is 1. The van der Waals surface area contributed by atoms with Gasteiger partial charge in [0.05, 0.1) is 6.61 Å². The summed E-state index contributed by atoms with van der Waals surface area (Å²) >= 11 is 1.46. The van der Waals surface area contributed by atoms with Crippen molar-refractivity contribution in [3.63, 3.8) is 0 Å². The van der Waals surface area contributed by atoms with Gasteiger partial charge in [-0.05, 0) is 19.3 Å². The zero-order valence-electron chi connectivity index (χ0n) is 13.9. The van der Waals surface area contributed by atoms with E-state index in [2.05, 4.69) is 20.4 Å². The van der Waals surface area contributed by atoms with Crippen molar-refractivity contribution in [2.24, 2.45) is 5.92 Å². The summed E-state index contributed by atoms with van der Waals surface area (Å²) in [6.07, 6.45) is 3.09. The average molecular weight is 353 g/mol. The number of methoxy groups -OCH3 is 1. The lowest BCUT2D eigenvalue weighted by atomic mass is 9.96. The van der Waals surface area contributed by atoms with Crippen LogP contribution >= 0.6 is 11.3 Å². The molecule has 2 amide bonds. The van der Waals surface area contributed by atoms with Crippen molar-refractivity contribution < 1.29 is 14.3 Å². The Morgan fingerprint density at radius 3 is 2.71 bits per heavy atom. The molecule has 8 nitrogen and oxygen atoms in total. The standard InChI is InChI=1S/C15H23N5O3S/c1-23-10-6-16-13(22)11-4-8-19(9-5-11)14-17-18-15(24-14)20-7-2-3-12(20)21/h11H,2-10H2,1H3,(H,16,22). The van der Waals surface area contributed by atoms with Crippen LogP contribution in [0.25, 0.3) is 0 Å². The summed E-state index contributed by atoms with van der Waals surface area (Å²) in [6, 6.07) is 0. The largest absolute Gasteiger partial charge is 0.383 e. The summed E-state index contributed by atoms with van der Waals surface area (Å²) in [5.74, 6) is 0.280. The van der Waals surface area contributed by atoms with Crippen LogP contribution in [0.3, 0.4) is 0 Å². The molecule has 2 fully saturated rings. The van der Waals surface area contributed by atoms with Crippen LogP contribution in [-0.2, 0) is 14.3 Å². The number of aromatic nitrogens is 2. The molecular formula is C15H23N5O3S. The second-order valence-corrected chi connectivity index (χ2v) is 7.00. The molecule has 3 heterocycles. The van der Waals surface area contributed by atoms with E-state index in [9.17, 15) is 9.59 Å². The number of carbonyl (C=O) groups is 2. The van der Waals surface area contributed by atoms with Crippen molar-refractivity contribution in [1.29, 1.82) is 0 Å². The molecule has 0 unspecified atom stereocenters. The highest BCUT2D eigenvalue weighted by Crippen LogP contribution is 2.32. The van der Waals surface area contributed by atoms with Gasteiger partial charge >= 0.3 is 0 Å². The van der Waals surface area contributed by atoms with Gasteiger partial charge in [-0.2, -0.15) is 0 Å². The molecule has 0 aromatic carbocycles. The Morgan fingerprint density at radius 1 is 1.29 bits per heavy atom. The van der Waals surface area contributed by atoms with Gasteiger partial charge in [-0.1, -0.05) is 11.3 Å². The number of anilines is 2. The Bertz CT molecular complexity index is 585. The monoisotopic (exact) mass is 353 g/mol. The summed E-state index contributed by atoms with van der Waals surface area (Å²) < 4.78 is 4.94. The highest BCUT2D eigenvalue weighted by Gasteiger charge is 2.29. The minimum Gasteiger partial charge on any atom is -0.383 e. The third-order valence-electron chi connectivity index (χ3n) is 4.45. The number of amides is 2. The maximum atomic E-state index is 12.1. The number of hydrogen-bond donors (Lipinski definition) is 1. The first-order valence-corrected chi connectivity index (χ1v) is 9.16. The fraction of sp³-hybridized carbons (Fsp3) is 0.733. The summed E-state index contributed by atoms with van der Waals surface area (Å²) in [4.78, 5) is 27.7. The van der Waals surface area contributed by atoms with Gasteiger partial charge in [-0.3, -0.25) is 14.5 Å². The Morgan fingerprint density at radius 2 is 2.04 bits per heavy atom. The first-order chi connectivity index (χ1) is 11.7. The summed E-state index contributed by atoms with van der Waals surface area (Å²) in [5.41, 5.74) is 0. The number of rotatable bonds is 6. The highest BCUT2D eigenvalue weighted by molar-refractivity contribution is 7.19. The van der Waals surface area contributed by atoms with Gasteiger partial charge in [0.1, 0.15) is 0 Å². The molecule has 2 aliphatic rings. The van der Waals surface area contributed by atoms with Crippen molar-refractivity contribution in [2.45, 2.75) is 25.7 Å². The molecule has 1 N–H and O–H groups in total. The van der Waals surface area contributed by atoms with E-state index in [1.807, 2.05) is 0 Å². The number of carbonyl (C=O) groups excluding carboxylic acids is 2. The highest BCUT2D eigenvalue weighted by atomic mass is 32.1. The van der Waals surface area contributed by atoms with Gasteiger partial charge in [-0.25, -0.2) is 0 Å². The molecule has 0 spiro atoms.